The first-order valence-electron chi connectivity index (χ1n) is 8.46. The minimum atomic E-state index is -0.216. The number of benzene rings is 1. The zero-order valence-electron chi connectivity index (χ0n) is 14.7. The third-order valence-corrected chi connectivity index (χ3v) is 4.79. The average molecular weight is 357 g/mol. The van der Waals surface area contributed by atoms with Gasteiger partial charge in [-0.15, -0.1) is 0 Å². The number of nitrogens with one attached hydrogen (secondary N) is 3. The molecule has 2 aliphatic heterocycles. The van der Waals surface area contributed by atoms with Crippen LogP contribution in [0.25, 0.3) is 0 Å². The molecule has 1 amide bonds. The molecule has 0 saturated heterocycles. The molecule has 0 saturated carbocycles. The zero-order valence-corrected chi connectivity index (χ0v) is 14.7. The molecular formula is C18H21N4O4+. The number of aromatic nitrogens is 1. The number of pyridine rings is 1. The van der Waals surface area contributed by atoms with Crippen molar-refractivity contribution in [2.45, 2.75) is 12.6 Å². The van der Waals surface area contributed by atoms with Crippen LogP contribution in [-0.4, -0.2) is 38.4 Å². The van der Waals surface area contributed by atoms with E-state index in [0.29, 0.717) is 22.8 Å². The highest BCUT2D eigenvalue weighted by Gasteiger charge is 2.36. The molecule has 3 N–H and O–H groups in total. The first-order valence-corrected chi connectivity index (χ1v) is 8.46. The average Bonchev–Trinajstić information content (AvgIpc) is 3.14. The summed E-state index contributed by atoms with van der Waals surface area (Å²) in [6.45, 7) is 1.10. The summed E-state index contributed by atoms with van der Waals surface area (Å²) in [5.41, 5.74) is 8.61. The van der Waals surface area contributed by atoms with Crippen LogP contribution in [-0.2, 0) is 6.42 Å². The number of carbonyl (C=O) groups is 1. The lowest BCUT2D eigenvalue weighted by Gasteiger charge is -2.33. The highest BCUT2D eigenvalue weighted by atomic mass is 16.7. The largest absolute Gasteiger partial charge is 0.492 e. The highest BCUT2D eigenvalue weighted by Crippen LogP contribution is 2.46. The van der Waals surface area contributed by atoms with E-state index in [2.05, 4.69) is 22.9 Å². The van der Waals surface area contributed by atoms with Crippen molar-refractivity contribution in [1.82, 2.24) is 15.8 Å². The summed E-state index contributed by atoms with van der Waals surface area (Å²) in [5.74, 6) is 1.77. The Bertz CT molecular complexity index is 828. The summed E-state index contributed by atoms with van der Waals surface area (Å²) in [5, 5.41) is 0. The number of ether oxygens (including phenoxy) is 3. The predicted molar refractivity (Wildman–Crippen MR) is 92.2 cm³/mol. The Kier molecular flexibility index (Phi) is 4.36. The van der Waals surface area contributed by atoms with Crippen molar-refractivity contribution < 1.29 is 23.9 Å². The lowest BCUT2D eigenvalue weighted by atomic mass is 9.95. The van der Waals surface area contributed by atoms with Gasteiger partial charge in [0.15, 0.2) is 17.7 Å². The van der Waals surface area contributed by atoms with Crippen molar-refractivity contribution in [1.29, 1.82) is 0 Å². The van der Waals surface area contributed by atoms with Gasteiger partial charge in [-0.25, -0.2) is 0 Å². The molecule has 4 rings (SSSR count). The van der Waals surface area contributed by atoms with Crippen LogP contribution in [0.4, 0.5) is 0 Å². The second-order valence-electron chi connectivity index (χ2n) is 6.33. The molecule has 26 heavy (non-hydrogen) atoms. The first-order chi connectivity index (χ1) is 12.7. The van der Waals surface area contributed by atoms with Crippen molar-refractivity contribution in [3.05, 3.63) is 47.3 Å². The molecule has 3 heterocycles. The summed E-state index contributed by atoms with van der Waals surface area (Å²) in [4.78, 5) is 17.5. The van der Waals surface area contributed by atoms with E-state index >= 15 is 0 Å². The number of hydrazine groups is 1. The number of likely N-dealkylation sites (N-methyl/N-ethyl adjacent to an activating group) is 1. The van der Waals surface area contributed by atoms with E-state index in [1.165, 1.54) is 4.90 Å². The fraction of sp³-hybridized carbons (Fsp3) is 0.333. The fourth-order valence-corrected chi connectivity index (χ4v) is 3.43. The minimum absolute atomic E-state index is 0.172. The molecule has 0 radical (unpaired) electrons. The minimum Gasteiger partial charge on any atom is -0.492 e. The number of nitrogens with zero attached hydrogens (tertiary/aromatic N) is 1. The summed E-state index contributed by atoms with van der Waals surface area (Å²) in [6, 6.07) is 5.34. The number of hydrogen-bond acceptors (Lipinski definition) is 6. The van der Waals surface area contributed by atoms with Crippen LogP contribution in [0.15, 0.2) is 30.6 Å². The Morgan fingerprint density at radius 2 is 2.15 bits per heavy atom. The van der Waals surface area contributed by atoms with Crippen LogP contribution in [0, 0.1) is 0 Å². The molecule has 1 aromatic carbocycles. The molecule has 2 atom stereocenters. The van der Waals surface area contributed by atoms with Crippen molar-refractivity contribution >= 4 is 5.91 Å². The fourth-order valence-electron chi connectivity index (χ4n) is 3.43. The summed E-state index contributed by atoms with van der Waals surface area (Å²) < 4.78 is 16.8. The molecule has 2 aliphatic rings. The molecule has 0 fully saturated rings. The van der Waals surface area contributed by atoms with Gasteiger partial charge in [-0.2, -0.15) is 5.43 Å². The number of hydrogen-bond donors (Lipinski definition) is 3. The van der Waals surface area contributed by atoms with Crippen LogP contribution in [0.3, 0.4) is 0 Å². The van der Waals surface area contributed by atoms with Crippen molar-refractivity contribution in [2.75, 3.05) is 27.5 Å². The van der Waals surface area contributed by atoms with Crippen molar-refractivity contribution in [3.63, 3.8) is 0 Å². The highest BCUT2D eigenvalue weighted by molar-refractivity contribution is 5.93. The topological polar surface area (TPSA) is 86.2 Å². The van der Waals surface area contributed by atoms with Gasteiger partial charge in [0.1, 0.15) is 0 Å². The smallest absolute Gasteiger partial charge is 0.265 e. The van der Waals surface area contributed by atoms with Gasteiger partial charge in [0.2, 0.25) is 12.5 Å². The van der Waals surface area contributed by atoms with Gasteiger partial charge in [-0.05, 0) is 23.8 Å². The van der Waals surface area contributed by atoms with Gasteiger partial charge < -0.3 is 19.1 Å². The monoisotopic (exact) mass is 357 g/mol. The molecule has 2 aromatic rings. The zero-order chi connectivity index (χ0) is 18.1. The van der Waals surface area contributed by atoms with E-state index in [4.69, 9.17) is 14.2 Å². The molecule has 1 aromatic heterocycles. The molecule has 8 nitrogen and oxygen atoms in total. The van der Waals surface area contributed by atoms with E-state index in [1.54, 1.807) is 31.6 Å². The second-order valence-corrected chi connectivity index (χ2v) is 6.33. The Morgan fingerprint density at radius 1 is 1.35 bits per heavy atom. The number of rotatable bonds is 4. The normalized spacial score (nSPS) is 20.4. The standard InChI is InChI=1S/C18H20N4O4/c1-22-8-5-12-9-13-15(26-10-25-13)16(24-2)14(12)17(22)20-21-18(23)11-3-6-19-7-4-11/h3-4,6-7,9,17,20H,5,8,10H2,1-2H3,(H,21,23)/p+1/t17-/m1/s1. The maximum absolute atomic E-state index is 12.4. The Morgan fingerprint density at radius 3 is 2.92 bits per heavy atom. The van der Waals surface area contributed by atoms with Crippen molar-refractivity contribution in [2.24, 2.45) is 0 Å². The maximum atomic E-state index is 12.4. The number of carbonyl (C=O) groups excluding carboxylic acids is 1. The van der Waals surface area contributed by atoms with Gasteiger partial charge >= 0.3 is 0 Å². The SMILES string of the molecule is COc1c2c(cc3c1[C@H](NNC(=O)c1ccncc1)[NH+](C)CC3)OCO2. The Balaban J connectivity index is 1.63. The summed E-state index contributed by atoms with van der Waals surface area (Å²) >= 11 is 0. The van der Waals surface area contributed by atoms with E-state index in [1.807, 2.05) is 6.07 Å². The molecule has 0 bridgehead atoms. The number of quaternary nitrogens is 1. The van der Waals surface area contributed by atoms with E-state index in [0.717, 1.165) is 24.1 Å². The third kappa shape index (κ3) is 2.83. The Labute approximate surface area is 151 Å². The molecule has 8 heteroatoms. The van der Waals surface area contributed by atoms with Gasteiger partial charge in [-0.1, -0.05) is 0 Å². The van der Waals surface area contributed by atoms with Crippen LogP contribution >= 0.6 is 0 Å². The van der Waals surface area contributed by atoms with E-state index in [9.17, 15) is 4.79 Å². The molecule has 136 valence electrons. The predicted octanol–water partition coefficient (Wildman–Crippen LogP) is -0.177. The number of amides is 1. The second kappa shape index (κ2) is 6.81. The van der Waals surface area contributed by atoms with Gasteiger partial charge in [0.05, 0.1) is 26.3 Å². The molecule has 0 spiro atoms. The first kappa shape index (κ1) is 16.6. The quantitative estimate of drug-likeness (QED) is 0.659. The van der Waals surface area contributed by atoms with Gasteiger partial charge in [0.25, 0.3) is 5.91 Å². The lowest BCUT2D eigenvalue weighted by Crippen LogP contribution is -3.12. The maximum Gasteiger partial charge on any atom is 0.265 e. The molecule has 0 aliphatic carbocycles. The number of fused-ring (bicyclic) bond motifs is 2. The van der Waals surface area contributed by atoms with Gasteiger partial charge in [0, 0.05) is 24.4 Å². The Hall–Kier alpha value is -2.84. The molecular weight excluding hydrogens is 336 g/mol. The third-order valence-electron chi connectivity index (χ3n) is 4.79. The summed E-state index contributed by atoms with van der Waals surface area (Å²) in [7, 11) is 3.69. The summed E-state index contributed by atoms with van der Waals surface area (Å²) in [6.07, 6.45) is 3.90. The number of methoxy groups -OCH3 is 1. The van der Waals surface area contributed by atoms with Crippen LogP contribution in [0.1, 0.15) is 27.7 Å². The van der Waals surface area contributed by atoms with E-state index < -0.39 is 0 Å². The molecule has 1 unspecified atom stereocenters. The van der Waals surface area contributed by atoms with Crippen LogP contribution in [0.5, 0.6) is 17.2 Å². The lowest BCUT2D eigenvalue weighted by molar-refractivity contribution is -0.918. The van der Waals surface area contributed by atoms with Crippen LogP contribution < -0.4 is 30.0 Å². The van der Waals surface area contributed by atoms with E-state index in [-0.39, 0.29) is 18.9 Å². The van der Waals surface area contributed by atoms with Crippen molar-refractivity contribution in [3.8, 4) is 17.2 Å². The van der Waals surface area contributed by atoms with Crippen LogP contribution in [0.2, 0.25) is 0 Å². The van der Waals surface area contributed by atoms with Gasteiger partial charge in [-0.3, -0.25) is 15.2 Å².